The summed E-state index contributed by atoms with van der Waals surface area (Å²) < 4.78 is 1.16. The predicted molar refractivity (Wildman–Crippen MR) is 62.2 cm³/mol. The van der Waals surface area contributed by atoms with Crippen molar-refractivity contribution in [2.75, 3.05) is 0 Å². The lowest BCUT2D eigenvalue weighted by atomic mass is 10.1. The minimum Gasteiger partial charge on any atom is -0.143 e. The maximum atomic E-state index is 3.46. The van der Waals surface area contributed by atoms with Crippen LogP contribution in [0.1, 0.15) is 5.56 Å². The van der Waals surface area contributed by atoms with Gasteiger partial charge in [-0.2, -0.15) is 0 Å². The lowest BCUT2D eigenvalue weighted by Crippen LogP contribution is -1.73. The quantitative estimate of drug-likeness (QED) is 0.702. The Morgan fingerprint density at radius 1 is 1.23 bits per heavy atom. The average Bonchev–Trinajstić information content (AvgIpc) is 2.52. The van der Waals surface area contributed by atoms with Crippen LogP contribution in [0.5, 0.6) is 0 Å². The standard InChI is InChI=1S/C11H9BrS/c1-8-3-2-4-9(5-8)11-6-10(12)7-13-11/h2-7H,1H3. The van der Waals surface area contributed by atoms with E-state index in [1.165, 1.54) is 16.0 Å². The van der Waals surface area contributed by atoms with Crippen LogP contribution in [-0.4, -0.2) is 0 Å². The summed E-state index contributed by atoms with van der Waals surface area (Å²) in [7, 11) is 0. The molecule has 0 spiro atoms. The fourth-order valence-corrected chi connectivity index (χ4v) is 2.69. The molecule has 0 atom stereocenters. The molecule has 13 heavy (non-hydrogen) atoms. The first-order valence-corrected chi connectivity index (χ1v) is 5.74. The van der Waals surface area contributed by atoms with Gasteiger partial charge in [-0.05, 0) is 34.5 Å². The molecule has 0 amide bonds. The van der Waals surface area contributed by atoms with Crippen LogP contribution < -0.4 is 0 Å². The minimum atomic E-state index is 1.16. The normalized spacial score (nSPS) is 10.3. The Morgan fingerprint density at radius 3 is 2.69 bits per heavy atom. The SMILES string of the molecule is Cc1cccc(-c2cc(Br)cs2)c1. The molecule has 2 heteroatoms. The van der Waals surface area contributed by atoms with Crippen LogP contribution in [0, 0.1) is 6.92 Å². The molecule has 0 bridgehead atoms. The van der Waals surface area contributed by atoms with Gasteiger partial charge < -0.3 is 0 Å². The van der Waals surface area contributed by atoms with Crippen molar-refractivity contribution < 1.29 is 0 Å². The molecule has 0 nitrogen and oxygen atoms in total. The molecular formula is C11H9BrS. The monoisotopic (exact) mass is 252 g/mol. The maximum Gasteiger partial charge on any atom is 0.0354 e. The first-order valence-electron chi connectivity index (χ1n) is 4.07. The van der Waals surface area contributed by atoms with Crippen molar-refractivity contribution >= 4 is 27.3 Å². The molecule has 0 saturated carbocycles. The first kappa shape index (κ1) is 8.97. The molecule has 66 valence electrons. The maximum absolute atomic E-state index is 3.46. The van der Waals surface area contributed by atoms with Gasteiger partial charge in [0.1, 0.15) is 0 Å². The van der Waals surface area contributed by atoms with Gasteiger partial charge in [0.15, 0.2) is 0 Å². The van der Waals surface area contributed by atoms with Crippen LogP contribution in [0.2, 0.25) is 0 Å². The van der Waals surface area contributed by atoms with Gasteiger partial charge in [0.05, 0.1) is 0 Å². The van der Waals surface area contributed by atoms with Gasteiger partial charge in [-0.15, -0.1) is 11.3 Å². The smallest absolute Gasteiger partial charge is 0.0354 e. The van der Waals surface area contributed by atoms with Crippen molar-refractivity contribution in [1.82, 2.24) is 0 Å². The van der Waals surface area contributed by atoms with Gasteiger partial charge in [-0.1, -0.05) is 29.8 Å². The van der Waals surface area contributed by atoms with Crippen LogP contribution in [-0.2, 0) is 0 Å². The zero-order chi connectivity index (χ0) is 9.26. The van der Waals surface area contributed by atoms with Crippen molar-refractivity contribution in [3.8, 4) is 10.4 Å². The third kappa shape index (κ3) is 2.01. The molecule has 0 radical (unpaired) electrons. The fraction of sp³-hybridized carbons (Fsp3) is 0.0909. The van der Waals surface area contributed by atoms with E-state index >= 15 is 0 Å². The van der Waals surface area contributed by atoms with Crippen LogP contribution in [0.25, 0.3) is 10.4 Å². The molecule has 0 aliphatic heterocycles. The summed E-state index contributed by atoms with van der Waals surface area (Å²) in [6.45, 7) is 2.12. The second-order valence-corrected chi connectivity index (χ2v) is 4.83. The zero-order valence-corrected chi connectivity index (χ0v) is 9.65. The third-order valence-corrected chi connectivity index (χ3v) is 3.61. The molecule has 2 aromatic rings. The number of aryl methyl sites for hydroxylation is 1. The summed E-state index contributed by atoms with van der Waals surface area (Å²) in [4.78, 5) is 1.32. The van der Waals surface area contributed by atoms with Gasteiger partial charge in [0.25, 0.3) is 0 Å². The fourth-order valence-electron chi connectivity index (χ4n) is 1.26. The molecule has 0 aliphatic rings. The van der Waals surface area contributed by atoms with E-state index < -0.39 is 0 Å². The van der Waals surface area contributed by atoms with E-state index in [-0.39, 0.29) is 0 Å². The molecule has 0 unspecified atom stereocenters. The average molecular weight is 253 g/mol. The zero-order valence-electron chi connectivity index (χ0n) is 7.25. The van der Waals surface area contributed by atoms with E-state index in [0.717, 1.165) is 4.47 Å². The van der Waals surface area contributed by atoms with Crippen molar-refractivity contribution in [3.05, 3.63) is 45.7 Å². The molecular weight excluding hydrogens is 244 g/mol. The van der Waals surface area contributed by atoms with Gasteiger partial charge in [-0.25, -0.2) is 0 Å². The van der Waals surface area contributed by atoms with E-state index in [9.17, 15) is 0 Å². The van der Waals surface area contributed by atoms with Gasteiger partial charge in [0.2, 0.25) is 0 Å². The lowest BCUT2D eigenvalue weighted by molar-refractivity contribution is 1.48. The van der Waals surface area contributed by atoms with Gasteiger partial charge >= 0.3 is 0 Å². The van der Waals surface area contributed by atoms with Crippen molar-refractivity contribution in [3.63, 3.8) is 0 Å². The van der Waals surface area contributed by atoms with Gasteiger partial charge in [0, 0.05) is 14.7 Å². The summed E-state index contributed by atoms with van der Waals surface area (Å²) in [6, 6.07) is 10.7. The van der Waals surface area contributed by atoms with E-state index in [1.807, 2.05) is 0 Å². The van der Waals surface area contributed by atoms with Gasteiger partial charge in [-0.3, -0.25) is 0 Å². The second kappa shape index (κ2) is 3.64. The number of rotatable bonds is 1. The van der Waals surface area contributed by atoms with Crippen molar-refractivity contribution in [1.29, 1.82) is 0 Å². The van der Waals surface area contributed by atoms with E-state index in [2.05, 4.69) is 58.6 Å². The Balaban J connectivity index is 2.46. The number of thiophene rings is 1. The van der Waals surface area contributed by atoms with E-state index in [0.29, 0.717) is 0 Å². The van der Waals surface area contributed by atoms with E-state index in [1.54, 1.807) is 11.3 Å². The summed E-state index contributed by atoms with van der Waals surface area (Å²) in [5.74, 6) is 0. The Bertz CT molecular complexity index is 418. The van der Waals surface area contributed by atoms with Crippen molar-refractivity contribution in [2.24, 2.45) is 0 Å². The highest BCUT2D eigenvalue weighted by Gasteiger charge is 2.00. The minimum absolute atomic E-state index is 1.16. The number of hydrogen-bond donors (Lipinski definition) is 0. The topological polar surface area (TPSA) is 0 Å². The second-order valence-electron chi connectivity index (χ2n) is 3.00. The third-order valence-electron chi connectivity index (χ3n) is 1.87. The highest BCUT2D eigenvalue weighted by Crippen LogP contribution is 2.29. The summed E-state index contributed by atoms with van der Waals surface area (Å²) in [5.41, 5.74) is 2.61. The van der Waals surface area contributed by atoms with E-state index in [4.69, 9.17) is 0 Å². The molecule has 0 aliphatic carbocycles. The molecule has 0 N–H and O–H groups in total. The van der Waals surface area contributed by atoms with Crippen LogP contribution in [0.3, 0.4) is 0 Å². The Morgan fingerprint density at radius 2 is 2.08 bits per heavy atom. The molecule has 1 heterocycles. The first-order chi connectivity index (χ1) is 6.25. The Labute approximate surface area is 90.4 Å². The number of hydrogen-bond acceptors (Lipinski definition) is 1. The highest BCUT2D eigenvalue weighted by atomic mass is 79.9. The molecule has 1 aromatic heterocycles. The Kier molecular flexibility index (Phi) is 2.51. The largest absolute Gasteiger partial charge is 0.143 e. The number of benzene rings is 1. The van der Waals surface area contributed by atoms with Crippen LogP contribution >= 0.6 is 27.3 Å². The van der Waals surface area contributed by atoms with Crippen LogP contribution in [0.15, 0.2) is 40.2 Å². The molecule has 1 aromatic carbocycles. The lowest BCUT2D eigenvalue weighted by Gasteiger charge is -1.97. The molecule has 0 fully saturated rings. The predicted octanol–water partition coefficient (Wildman–Crippen LogP) is 4.49. The summed E-state index contributed by atoms with van der Waals surface area (Å²) in [5, 5.41) is 2.11. The summed E-state index contributed by atoms with van der Waals surface area (Å²) in [6.07, 6.45) is 0. The highest BCUT2D eigenvalue weighted by molar-refractivity contribution is 9.10. The molecule has 0 saturated heterocycles. The summed E-state index contributed by atoms with van der Waals surface area (Å²) >= 11 is 5.22. The van der Waals surface area contributed by atoms with Crippen molar-refractivity contribution in [2.45, 2.75) is 6.92 Å². The number of halogens is 1. The Hall–Kier alpha value is -0.600. The molecule has 2 rings (SSSR count). The van der Waals surface area contributed by atoms with Crippen LogP contribution in [0.4, 0.5) is 0 Å².